The van der Waals surface area contributed by atoms with Gasteiger partial charge in [-0.05, 0) is 90.8 Å². The molecule has 9 nitrogen and oxygen atoms in total. The molecular formula is C31H51NO8Si2. The molecule has 0 atom stereocenters. The van der Waals surface area contributed by atoms with Gasteiger partial charge in [-0.1, -0.05) is 18.2 Å². The zero-order valence-electron chi connectivity index (χ0n) is 26.4. The molecule has 0 amide bonds. The molecule has 0 aliphatic rings. The Hall–Kier alpha value is -2.10. The maximum atomic E-state index is 12.7. The van der Waals surface area contributed by atoms with Crippen LogP contribution in [0.5, 0.6) is 5.75 Å². The van der Waals surface area contributed by atoms with E-state index in [1.54, 1.807) is 12.1 Å². The van der Waals surface area contributed by atoms with Gasteiger partial charge in [-0.15, -0.1) is 0 Å². The van der Waals surface area contributed by atoms with Crippen LogP contribution in [-0.2, 0) is 26.6 Å². The van der Waals surface area contributed by atoms with Crippen LogP contribution in [0.15, 0.2) is 54.6 Å². The first-order chi connectivity index (χ1) is 20.4. The van der Waals surface area contributed by atoms with E-state index in [1.165, 1.54) is 0 Å². The molecule has 0 fully saturated rings. The minimum atomic E-state index is -2.76. The minimum Gasteiger partial charge on any atom is -0.423 e. The van der Waals surface area contributed by atoms with Gasteiger partial charge in [0.05, 0.1) is 5.56 Å². The molecule has 0 heterocycles. The smallest absolute Gasteiger partial charge is 0.423 e. The number of nitrogens with zero attached hydrogens (tertiary/aromatic N) is 1. The Kier molecular flexibility index (Phi) is 17.2. The van der Waals surface area contributed by atoms with Gasteiger partial charge in [0, 0.05) is 70.5 Å². The van der Waals surface area contributed by atoms with Crippen molar-refractivity contribution < 1.29 is 36.1 Å². The minimum absolute atomic E-state index is 0.388. The molecule has 0 aliphatic carbocycles. The molecule has 0 aliphatic heterocycles. The second kappa shape index (κ2) is 20.0. The van der Waals surface area contributed by atoms with Gasteiger partial charge in [0.25, 0.3) is 0 Å². The highest BCUT2D eigenvalue weighted by Gasteiger charge is 2.41. The van der Waals surface area contributed by atoms with E-state index >= 15 is 0 Å². The summed E-state index contributed by atoms with van der Waals surface area (Å²) in [7, 11) is -5.52. The Bertz CT molecular complexity index is 930. The predicted molar refractivity (Wildman–Crippen MR) is 170 cm³/mol. The second-order valence-corrected chi connectivity index (χ2v) is 14.9. The van der Waals surface area contributed by atoms with E-state index in [1.807, 2.05) is 84.0 Å². The molecule has 2 rings (SSSR count). The highest BCUT2D eigenvalue weighted by Crippen LogP contribution is 2.24. The number of ether oxygens (including phenoxy) is 1. The molecule has 0 unspecified atom stereocenters. The van der Waals surface area contributed by atoms with Gasteiger partial charge in [0.2, 0.25) is 0 Å². The lowest BCUT2D eigenvalue weighted by Gasteiger charge is -2.32. The number of hydrogen-bond donors (Lipinski definition) is 0. The van der Waals surface area contributed by atoms with Crippen LogP contribution < -0.4 is 9.64 Å². The summed E-state index contributed by atoms with van der Waals surface area (Å²) in [5.74, 6) is 0.130. The fourth-order valence-electron chi connectivity index (χ4n) is 4.81. The summed E-state index contributed by atoms with van der Waals surface area (Å²) in [5.41, 5.74) is 1.51. The number of carbonyl (C=O) groups excluding carboxylic acids is 1. The van der Waals surface area contributed by atoms with Crippen LogP contribution >= 0.6 is 0 Å². The lowest BCUT2D eigenvalue weighted by Crippen LogP contribution is -2.47. The SMILES string of the molecule is CCO[Si](CCCN(CCC[Si](OCC)(OCC)OCC)c1ccc(C(=O)Oc2ccccc2)cc1)(OCC)OCC. The first-order valence-corrected chi connectivity index (χ1v) is 19.2. The van der Waals surface area contributed by atoms with Gasteiger partial charge in [-0.2, -0.15) is 0 Å². The van der Waals surface area contributed by atoms with Gasteiger partial charge in [0.1, 0.15) is 5.75 Å². The molecule has 0 saturated heterocycles. The normalized spacial score (nSPS) is 12.0. The van der Waals surface area contributed by atoms with Crippen molar-refractivity contribution in [2.24, 2.45) is 0 Å². The van der Waals surface area contributed by atoms with E-state index in [2.05, 4.69) is 4.90 Å². The van der Waals surface area contributed by atoms with Crippen molar-refractivity contribution in [3.8, 4) is 5.75 Å². The molecule has 0 radical (unpaired) electrons. The number of benzene rings is 2. The predicted octanol–water partition coefficient (Wildman–Crippen LogP) is 6.59. The molecule has 0 aromatic heterocycles. The quantitative estimate of drug-likeness (QED) is 0.0775. The standard InChI is InChI=1S/C31H51NO8Si2/c1-7-34-41(35-8-2,36-9-3)26-16-24-32(25-17-27-42(37-10-4,38-11-5)39-12-6)29-22-20-28(21-23-29)31(33)40-30-18-14-13-15-19-30/h13-15,18-23H,7-12,16-17,24-27H2,1-6H3. The van der Waals surface area contributed by atoms with Crippen LogP contribution in [0.1, 0.15) is 64.7 Å². The Balaban J connectivity index is 2.20. The van der Waals surface area contributed by atoms with Crippen LogP contribution in [0.2, 0.25) is 12.1 Å². The molecule has 2 aromatic carbocycles. The van der Waals surface area contributed by atoms with Gasteiger partial charge < -0.3 is 36.2 Å². The number of carbonyl (C=O) groups is 1. The highest BCUT2D eigenvalue weighted by atomic mass is 28.4. The Morgan fingerprint density at radius 2 is 1.00 bits per heavy atom. The topological polar surface area (TPSA) is 84.9 Å². The Morgan fingerprint density at radius 3 is 1.38 bits per heavy atom. The lowest BCUT2D eigenvalue weighted by atomic mass is 10.2. The van der Waals surface area contributed by atoms with Crippen molar-refractivity contribution in [2.75, 3.05) is 57.6 Å². The molecule has 11 heteroatoms. The van der Waals surface area contributed by atoms with Crippen molar-refractivity contribution in [1.82, 2.24) is 0 Å². The van der Waals surface area contributed by atoms with E-state index in [0.29, 0.717) is 51.0 Å². The third kappa shape index (κ3) is 11.9. The second-order valence-electron chi connectivity index (χ2n) is 9.41. The first-order valence-electron chi connectivity index (χ1n) is 15.4. The summed E-state index contributed by atoms with van der Waals surface area (Å²) < 4.78 is 42.0. The van der Waals surface area contributed by atoms with Crippen molar-refractivity contribution in [3.63, 3.8) is 0 Å². The molecule has 2 aromatic rings. The first kappa shape index (κ1) is 36.1. The summed E-state index contributed by atoms with van der Waals surface area (Å²) in [6.07, 6.45) is 1.66. The van der Waals surface area contributed by atoms with Gasteiger partial charge in [-0.25, -0.2) is 4.79 Å². The molecule has 0 bridgehead atoms. The molecule has 0 spiro atoms. The van der Waals surface area contributed by atoms with Crippen LogP contribution in [0.4, 0.5) is 5.69 Å². The molecule has 0 saturated carbocycles. The lowest BCUT2D eigenvalue weighted by molar-refractivity contribution is 0.0705. The van der Waals surface area contributed by atoms with Crippen LogP contribution in [-0.4, -0.2) is 76.3 Å². The number of anilines is 1. The van der Waals surface area contributed by atoms with E-state index in [4.69, 9.17) is 31.3 Å². The molecule has 42 heavy (non-hydrogen) atoms. The molecule has 0 N–H and O–H groups in total. The van der Waals surface area contributed by atoms with Gasteiger partial charge >= 0.3 is 23.6 Å². The van der Waals surface area contributed by atoms with Gasteiger partial charge in [0.15, 0.2) is 0 Å². The van der Waals surface area contributed by atoms with Crippen molar-refractivity contribution in [1.29, 1.82) is 0 Å². The maximum Gasteiger partial charge on any atom is 0.500 e. The summed E-state index contributed by atoms with van der Waals surface area (Å²) in [4.78, 5) is 15.0. The highest BCUT2D eigenvalue weighted by molar-refractivity contribution is 6.61. The summed E-state index contributed by atoms with van der Waals surface area (Å²) in [6.45, 7) is 16.7. The summed E-state index contributed by atoms with van der Waals surface area (Å²) in [5, 5.41) is 0. The summed E-state index contributed by atoms with van der Waals surface area (Å²) in [6, 6.07) is 18.1. The van der Waals surface area contributed by atoms with Crippen molar-refractivity contribution in [2.45, 2.75) is 66.5 Å². The van der Waals surface area contributed by atoms with E-state index in [-0.39, 0.29) is 5.97 Å². The number of esters is 1. The number of hydrogen-bond acceptors (Lipinski definition) is 9. The zero-order valence-corrected chi connectivity index (χ0v) is 28.4. The van der Waals surface area contributed by atoms with Crippen molar-refractivity contribution in [3.05, 3.63) is 60.2 Å². The fourth-order valence-corrected chi connectivity index (χ4v) is 10.00. The van der Waals surface area contributed by atoms with Crippen LogP contribution in [0.25, 0.3) is 0 Å². The van der Waals surface area contributed by atoms with Gasteiger partial charge in [-0.3, -0.25) is 0 Å². The third-order valence-corrected chi connectivity index (χ3v) is 12.7. The Morgan fingerprint density at radius 1 is 0.595 bits per heavy atom. The monoisotopic (exact) mass is 621 g/mol. The van der Waals surface area contributed by atoms with E-state index < -0.39 is 17.6 Å². The van der Waals surface area contributed by atoms with Crippen LogP contribution in [0, 0.1) is 0 Å². The van der Waals surface area contributed by atoms with Crippen LogP contribution in [0.3, 0.4) is 0 Å². The number of para-hydroxylation sites is 1. The fraction of sp³-hybridized carbons (Fsp3) is 0.581. The average molecular weight is 622 g/mol. The molecule has 236 valence electrons. The maximum absolute atomic E-state index is 12.7. The zero-order chi connectivity index (χ0) is 30.7. The number of rotatable bonds is 23. The Labute approximate surface area is 255 Å². The third-order valence-electron chi connectivity index (χ3n) is 6.43. The average Bonchev–Trinajstić information content (AvgIpc) is 2.98. The van der Waals surface area contributed by atoms with Crippen molar-refractivity contribution >= 4 is 29.3 Å². The largest absolute Gasteiger partial charge is 0.500 e. The molecular weight excluding hydrogens is 571 g/mol. The van der Waals surface area contributed by atoms with E-state index in [0.717, 1.165) is 43.7 Å². The van der Waals surface area contributed by atoms with E-state index in [9.17, 15) is 4.79 Å². The summed E-state index contributed by atoms with van der Waals surface area (Å²) >= 11 is 0.